The van der Waals surface area contributed by atoms with Crippen LogP contribution in [0.2, 0.25) is 0 Å². The topological polar surface area (TPSA) is 72.9 Å². The number of carbonyl (C=O) groups is 1. The van der Waals surface area contributed by atoms with Gasteiger partial charge in [-0.15, -0.1) is 0 Å². The first-order chi connectivity index (χ1) is 8.99. The molecule has 0 spiro atoms. The van der Waals surface area contributed by atoms with Gasteiger partial charge < -0.3 is 11.1 Å². The molecule has 1 aromatic heterocycles. The van der Waals surface area contributed by atoms with Crippen LogP contribution in [0.25, 0.3) is 0 Å². The molecule has 2 aromatic rings. The van der Waals surface area contributed by atoms with Crippen molar-refractivity contribution >= 4 is 17.4 Å². The summed E-state index contributed by atoms with van der Waals surface area (Å²) in [7, 11) is 1.61. The minimum Gasteiger partial charge on any atom is -0.394 e. The van der Waals surface area contributed by atoms with Crippen molar-refractivity contribution in [2.75, 3.05) is 11.1 Å². The van der Waals surface area contributed by atoms with Crippen molar-refractivity contribution in [3.05, 3.63) is 41.6 Å². The lowest BCUT2D eigenvalue weighted by Crippen LogP contribution is -2.18. The van der Waals surface area contributed by atoms with Crippen molar-refractivity contribution in [2.24, 2.45) is 7.05 Å². The number of hydrogen-bond acceptors (Lipinski definition) is 3. The van der Waals surface area contributed by atoms with Gasteiger partial charge >= 0.3 is 0 Å². The van der Waals surface area contributed by atoms with E-state index in [2.05, 4.69) is 10.4 Å². The number of nitrogens with two attached hydrogens (primary N) is 1. The highest BCUT2D eigenvalue weighted by Crippen LogP contribution is 2.17. The van der Waals surface area contributed by atoms with E-state index in [1.165, 1.54) is 23.0 Å². The van der Waals surface area contributed by atoms with Crippen molar-refractivity contribution in [1.29, 1.82) is 0 Å². The molecule has 1 aromatic carbocycles. The summed E-state index contributed by atoms with van der Waals surface area (Å²) in [5, 5.41) is 6.35. The number of anilines is 2. The molecule has 0 bridgehead atoms. The minimum atomic E-state index is -1.02. The van der Waals surface area contributed by atoms with Crippen LogP contribution in [0, 0.1) is 11.6 Å². The maximum Gasteiger partial charge on any atom is 0.230 e. The average molecular weight is 266 g/mol. The van der Waals surface area contributed by atoms with Crippen LogP contribution in [0.5, 0.6) is 0 Å². The Morgan fingerprint density at radius 1 is 1.47 bits per heavy atom. The predicted octanol–water partition coefficient (Wildman–Crippen LogP) is 1.46. The summed E-state index contributed by atoms with van der Waals surface area (Å²) in [5.74, 6) is -2.18. The highest BCUT2D eigenvalue weighted by atomic mass is 19.2. The molecule has 1 amide bonds. The molecule has 0 fully saturated rings. The van der Waals surface area contributed by atoms with Crippen LogP contribution in [0.15, 0.2) is 24.4 Å². The quantitative estimate of drug-likeness (QED) is 0.883. The number of nitrogens with one attached hydrogen (secondary N) is 1. The Morgan fingerprint density at radius 2 is 2.21 bits per heavy atom. The van der Waals surface area contributed by atoms with E-state index in [0.29, 0.717) is 11.5 Å². The molecule has 2 rings (SSSR count). The number of aromatic nitrogens is 2. The van der Waals surface area contributed by atoms with Gasteiger partial charge in [-0.2, -0.15) is 5.10 Å². The zero-order chi connectivity index (χ0) is 14.0. The number of aryl methyl sites for hydroxylation is 1. The third kappa shape index (κ3) is 2.70. The summed E-state index contributed by atoms with van der Waals surface area (Å²) >= 11 is 0. The molecule has 100 valence electrons. The molecular weight excluding hydrogens is 254 g/mol. The van der Waals surface area contributed by atoms with E-state index in [-0.39, 0.29) is 12.0 Å². The van der Waals surface area contributed by atoms with Crippen LogP contribution in [-0.4, -0.2) is 15.7 Å². The molecule has 7 heteroatoms. The molecular formula is C12H12F2N4O. The fourth-order valence-electron chi connectivity index (χ4n) is 1.64. The van der Waals surface area contributed by atoms with Gasteiger partial charge in [0.05, 0.1) is 18.3 Å². The zero-order valence-electron chi connectivity index (χ0n) is 10.2. The molecule has 19 heavy (non-hydrogen) atoms. The van der Waals surface area contributed by atoms with Crippen LogP contribution in [0.3, 0.4) is 0 Å². The van der Waals surface area contributed by atoms with Gasteiger partial charge in [0.25, 0.3) is 0 Å². The van der Waals surface area contributed by atoms with Crippen molar-refractivity contribution in [1.82, 2.24) is 9.78 Å². The highest BCUT2D eigenvalue weighted by Gasteiger charge is 2.14. The Labute approximate surface area is 108 Å². The second kappa shape index (κ2) is 5.05. The summed E-state index contributed by atoms with van der Waals surface area (Å²) in [6.45, 7) is 0. The van der Waals surface area contributed by atoms with E-state index in [1.807, 2.05) is 0 Å². The maximum atomic E-state index is 13.4. The van der Waals surface area contributed by atoms with Crippen LogP contribution in [0.1, 0.15) is 5.56 Å². The van der Waals surface area contributed by atoms with E-state index < -0.39 is 17.5 Å². The fraction of sp³-hybridized carbons (Fsp3) is 0.167. The first-order valence-corrected chi connectivity index (χ1v) is 5.49. The van der Waals surface area contributed by atoms with Gasteiger partial charge in [0.1, 0.15) is 0 Å². The number of hydrogen-bond donors (Lipinski definition) is 2. The lowest BCUT2D eigenvalue weighted by Gasteiger charge is -2.07. The van der Waals surface area contributed by atoms with Crippen molar-refractivity contribution in [3.8, 4) is 0 Å². The van der Waals surface area contributed by atoms with E-state index >= 15 is 0 Å². The Kier molecular flexibility index (Phi) is 3.46. The number of carbonyl (C=O) groups excluding carboxylic acids is 1. The van der Waals surface area contributed by atoms with Gasteiger partial charge in [0, 0.05) is 12.6 Å². The Bertz CT molecular complexity index is 605. The van der Waals surface area contributed by atoms with Crippen LogP contribution in [0.4, 0.5) is 20.3 Å². The standard InChI is InChI=1S/C12H12F2N4O/c1-18-12(9(15)6-16-18)17-10(19)5-7-3-2-4-8(13)11(7)14/h2-4,6H,5,15H2,1H3,(H,17,19). The summed E-state index contributed by atoms with van der Waals surface area (Å²) in [6.07, 6.45) is 1.10. The monoisotopic (exact) mass is 266 g/mol. The van der Waals surface area contributed by atoms with Crippen LogP contribution >= 0.6 is 0 Å². The Balaban J connectivity index is 2.12. The number of rotatable bonds is 3. The minimum absolute atomic E-state index is 0.0155. The first-order valence-electron chi connectivity index (χ1n) is 5.49. The molecule has 0 aliphatic carbocycles. The van der Waals surface area contributed by atoms with E-state index in [1.54, 1.807) is 7.05 Å². The number of benzene rings is 1. The summed E-state index contributed by atoms with van der Waals surface area (Å²) in [6, 6.07) is 3.69. The number of nitrogen functional groups attached to an aromatic ring is 1. The van der Waals surface area contributed by atoms with Gasteiger partial charge in [-0.3, -0.25) is 9.48 Å². The number of halogens is 2. The van der Waals surface area contributed by atoms with E-state index in [4.69, 9.17) is 5.73 Å². The SMILES string of the molecule is Cn1ncc(N)c1NC(=O)Cc1cccc(F)c1F. The maximum absolute atomic E-state index is 13.4. The molecule has 5 nitrogen and oxygen atoms in total. The van der Waals surface area contributed by atoms with Crippen molar-refractivity contribution in [2.45, 2.75) is 6.42 Å². The molecule has 0 aliphatic heterocycles. The molecule has 0 unspecified atom stereocenters. The second-order valence-electron chi connectivity index (χ2n) is 4.01. The van der Waals surface area contributed by atoms with Gasteiger partial charge in [0.2, 0.25) is 5.91 Å². The summed E-state index contributed by atoms with van der Waals surface area (Å²) in [4.78, 5) is 11.8. The third-order valence-electron chi connectivity index (χ3n) is 2.61. The fourth-order valence-corrected chi connectivity index (χ4v) is 1.64. The number of nitrogens with zero attached hydrogens (tertiary/aromatic N) is 2. The van der Waals surface area contributed by atoms with Crippen LogP contribution < -0.4 is 11.1 Å². The number of amides is 1. The Hall–Kier alpha value is -2.44. The van der Waals surface area contributed by atoms with Gasteiger partial charge in [-0.1, -0.05) is 12.1 Å². The van der Waals surface area contributed by atoms with Crippen molar-refractivity contribution < 1.29 is 13.6 Å². The second-order valence-corrected chi connectivity index (χ2v) is 4.01. The summed E-state index contributed by atoms with van der Waals surface area (Å²) < 4.78 is 27.8. The van der Waals surface area contributed by atoms with Crippen LogP contribution in [-0.2, 0) is 18.3 Å². The third-order valence-corrected chi connectivity index (χ3v) is 2.61. The molecule has 0 saturated heterocycles. The smallest absolute Gasteiger partial charge is 0.230 e. The molecule has 0 saturated carbocycles. The lowest BCUT2D eigenvalue weighted by atomic mass is 10.1. The van der Waals surface area contributed by atoms with Gasteiger partial charge in [0.15, 0.2) is 17.5 Å². The lowest BCUT2D eigenvalue weighted by molar-refractivity contribution is -0.115. The Morgan fingerprint density at radius 3 is 2.84 bits per heavy atom. The molecule has 3 N–H and O–H groups in total. The largest absolute Gasteiger partial charge is 0.394 e. The van der Waals surface area contributed by atoms with Gasteiger partial charge in [-0.05, 0) is 6.07 Å². The molecule has 0 radical (unpaired) electrons. The molecule has 0 aliphatic rings. The van der Waals surface area contributed by atoms with E-state index in [0.717, 1.165) is 6.07 Å². The molecule has 1 heterocycles. The summed E-state index contributed by atoms with van der Waals surface area (Å²) in [5.41, 5.74) is 5.89. The average Bonchev–Trinajstić information content (AvgIpc) is 2.67. The predicted molar refractivity (Wildman–Crippen MR) is 66.3 cm³/mol. The normalized spacial score (nSPS) is 10.5. The highest BCUT2D eigenvalue weighted by molar-refractivity contribution is 5.93. The molecule has 0 atom stereocenters. The zero-order valence-corrected chi connectivity index (χ0v) is 10.2. The van der Waals surface area contributed by atoms with Gasteiger partial charge in [-0.25, -0.2) is 8.78 Å². The van der Waals surface area contributed by atoms with E-state index in [9.17, 15) is 13.6 Å². The van der Waals surface area contributed by atoms with Crippen molar-refractivity contribution in [3.63, 3.8) is 0 Å². The first kappa shape index (κ1) is 13.0.